The zero-order chi connectivity index (χ0) is 12.8. The molecule has 88 valence electrons. The summed E-state index contributed by atoms with van der Waals surface area (Å²) in [5, 5.41) is 0. The highest BCUT2D eigenvalue weighted by molar-refractivity contribution is 6.06. The molecule has 0 aromatic heterocycles. The lowest BCUT2D eigenvalue weighted by Crippen LogP contribution is -1.93. The summed E-state index contributed by atoms with van der Waals surface area (Å²) in [6, 6.07) is 17.1. The predicted octanol–water partition coefficient (Wildman–Crippen LogP) is 4.23. The summed E-state index contributed by atoms with van der Waals surface area (Å²) < 4.78 is 0. The molecule has 0 N–H and O–H groups in total. The maximum absolute atomic E-state index is 11.9. The highest BCUT2D eigenvalue weighted by Gasteiger charge is 2.00. The monoisotopic (exact) mass is 234 g/mol. The van der Waals surface area contributed by atoms with Gasteiger partial charge in [-0.05, 0) is 17.2 Å². The van der Waals surface area contributed by atoms with Crippen LogP contribution in [-0.2, 0) is 0 Å². The van der Waals surface area contributed by atoms with Crippen LogP contribution in [0.25, 0.3) is 12.2 Å². The third-order valence-corrected chi connectivity index (χ3v) is 2.69. The van der Waals surface area contributed by atoms with Gasteiger partial charge in [0, 0.05) is 5.56 Å². The molecule has 18 heavy (non-hydrogen) atoms. The van der Waals surface area contributed by atoms with Crippen LogP contribution in [0.3, 0.4) is 0 Å². The van der Waals surface area contributed by atoms with Crippen molar-refractivity contribution in [3.8, 4) is 0 Å². The second-order valence-corrected chi connectivity index (χ2v) is 3.90. The van der Waals surface area contributed by atoms with E-state index in [4.69, 9.17) is 0 Å². The predicted molar refractivity (Wildman–Crippen MR) is 76.3 cm³/mol. The molecule has 0 fully saturated rings. The molecule has 0 saturated heterocycles. The van der Waals surface area contributed by atoms with Crippen molar-refractivity contribution in [1.29, 1.82) is 0 Å². The van der Waals surface area contributed by atoms with Crippen LogP contribution in [-0.4, -0.2) is 5.78 Å². The number of carbonyl (C=O) groups is 1. The Morgan fingerprint density at radius 1 is 0.889 bits per heavy atom. The van der Waals surface area contributed by atoms with E-state index in [2.05, 4.69) is 6.58 Å². The van der Waals surface area contributed by atoms with Gasteiger partial charge < -0.3 is 0 Å². The van der Waals surface area contributed by atoms with E-state index in [9.17, 15) is 4.79 Å². The largest absolute Gasteiger partial charge is 0.289 e. The Bertz CT molecular complexity index is 580. The molecule has 0 atom stereocenters. The Labute approximate surface area is 107 Å². The Hall–Kier alpha value is -2.41. The molecule has 2 aromatic rings. The fraction of sp³-hybridized carbons (Fsp3) is 0. The van der Waals surface area contributed by atoms with Crippen LogP contribution in [0.1, 0.15) is 21.5 Å². The van der Waals surface area contributed by atoms with Crippen LogP contribution in [0.4, 0.5) is 0 Å². The molecule has 0 unspecified atom stereocenters. The molecule has 0 aliphatic carbocycles. The van der Waals surface area contributed by atoms with Gasteiger partial charge in [-0.1, -0.05) is 73.3 Å². The number of hydrogen-bond donors (Lipinski definition) is 0. The SMILES string of the molecule is C=Cc1ccccc1/C=C\C(=O)c1ccccc1. The lowest BCUT2D eigenvalue weighted by Gasteiger charge is -1.99. The number of rotatable bonds is 4. The summed E-state index contributed by atoms with van der Waals surface area (Å²) in [4.78, 5) is 11.9. The van der Waals surface area contributed by atoms with Crippen molar-refractivity contribution in [1.82, 2.24) is 0 Å². The molecule has 0 spiro atoms. The molecular weight excluding hydrogens is 220 g/mol. The molecule has 0 radical (unpaired) electrons. The Morgan fingerprint density at radius 2 is 1.50 bits per heavy atom. The number of ketones is 1. The van der Waals surface area contributed by atoms with Gasteiger partial charge in [0.1, 0.15) is 0 Å². The normalized spacial score (nSPS) is 10.4. The van der Waals surface area contributed by atoms with Gasteiger partial charge in [-0.3, -0.25) is 4.79 Å². The number of benzene rings is 2. The van der Waals surface area contributed by atoms with E-state index in [1.807, 2.05) is 60.7 Å². The second-order valence-electron chi connectivity index (χ2n) is 3.90. The lowest BCUT2D eigenvalue weighted by molar-refractivity contribution is 0.104. The highest BCUT2D eigenvalue weighted by Crippen LogP contribution is 2.12. The first-order chi connectivity index (χ1) is 8.81. The maximum atomic E-state index is 11.9. The van der Waals surface area contributed by atoms with E-state index < -0.39 is 0 Å². The van der Waals surface area contributed by atoms with Crippen molar-refractivity contribution in [3.63, 3.8) is 0 Å². The number of carbonyl (C=O) groups excluding carboxylic acids is 1. The van der Waals surface area contributed by atoms with Crippen LogP contribution in [0.15, 0.2) is 67.3 Å². The van der Waals surface area contributed by atoms with E-state index in [-0.39, 0.29) is 5.78 Å². The first-order valence-corrected chi connectivity index (χ1v) is 5.80. The summed E-state index contributed by atoms with van der Waals surface area (Å²) in [6.07, 6.45) is 5.21. The minimum Gasteiger partial charge on any atom is -0.289 e. The maximum Gasteiger partial charge on any atom is 0.185 e. The Morgan fingerprint density at radius 3 is 2.17 bits per heavy atom. The zero-order valence-electron chi connectivity index (χ0n) is 10.0. The Balaban J connectivity index is 2.21. The quantitative estimate of drug-likeness (QED) is 0.571. The first-order valence-electron chi connectivity index (χ1n) is 5.80. The summed E-state index contributed by atoms with van der Waals surface area (Å²) in [7, 11) is 0. The van der Waals surface area contributed by atoms with Crippen molar-refractivity contribution in [3.05, 3.63) is 83.9 Å². The van der Waals surface area contributed by atoms with E-state index >= 15 is 0 Å². The van der Waals surface area contributed by atoms with Gasteiger partial charge in [0.05, 0.1) is 0 Å². The van der Waals surface area contributed by atoms with Gasteiger partial charge in [0.25, 0.3) is 0 Å². The minimum absolute atomic E-state index is 0.00876. The highest BCUT2D eigenvalue weighted by atomic mass is 16.1. The van der Waals surface area contributed by atoms with Crippen LogP contribution < -0.4 is 0 Å². The molecule has 0 amide bonds. The minimum atomic E-state index is 0.00876. The molecule has 2 aromatic carbocycles. The number of hydrogen-bond acceptors (Lipinski definition) is 1. The molecule has 2 rings (SSSR count). The molecule has 0 aliphatic rings. The van der Waals surface area contributed by atoms with Gasteiger partial charge >= 0.3 is 0 Å². The summed E-state index contributed by atoms with van der Waals surface area (Å²) in [6.45, 7) is 3.76. The van der Waals surface area contributed by atoms with Crippen molar-refractivity contribution >= 4 is 17.9 Å². The third-order valence-electron chi connectivity index (χ3n) is 2.69. The third kappa shape index (κ3) is 2.83. The molecule has 0 heterocycles. The van der Waals surface area contributed by atoms with Crippen LogP contribution in [0, 0.1) is 0 Å². The topological polar surface area (TPSA) is 17.1 Å². The van der Waals surface area contributed by atoms with Crippen LogP contribution in [0.2, 0.25) is 0 Å². The summed E-state index contributed by atoms with van der Waals surface area (Å²) >= 11 is 0. The van der Waals surface area contributed by atoms with Crippen LogP contribution >= 0.6 is 0 Å². The molecule has 0 aliphatic heterocycles. The van der Waals surface area contributed by atoms with Gasteiger partial charge in [0.2, 0.25) is 0 Å². The fourth-order valence-electron chi connectivity index (χ4n) is 1.71. The fourth-order valence-corrected chi connectivity index (χ4v) is 1.71. The van der Waals surface area contributed by atoms with Crippen LogP contribution in [0.5, 0.6) is 0 Å². The van der Waals surface area contributed by atoms with E-state index in [1.165, 1.54) is 0 Å². The average Bonchev–Trinajstić information content (AvgIpc) is 2.46. The molecule has 0 saturated carbocycles. The first kappa shape index (κ1) is 12.1. The van der Waals surface area contributed by atoms with Gasteiger partial charge in [-0.15, -0.1) is 0 Å². The Kier molecular flexibility index (Phi) is 3.87. The van der Waals surface area contributed by atoms with Crippen molar-refractivity contribution in [2.75, 3.05) is 0 Å². The van der Waals surface area contributed by atoms with Gasteiger partial charge in [-0.25, -0.2) is 0 Å². The standard InChI is InChI=1S/C17H14O/c1-2-14-8-6-7-9-15(14)12-13-17(18)16-10-4-3-5-11-16/h2-13H,1H2/b13-12-. The van der Waals surface area contributed by atoms with E-state index in [0.717, 1.165) is 11.1 Å². The van der Waals surface area contributed by atoms with Gasteiger partial charge in [-0.2, -0.15) is 0 Å². The van der Waals surface area contributed by atoms with E-state index in [0.29, 0.717) is 5.56 Å². The average molecular weight is 234 g/mol. The van der Waals surface area contributed by atoms with Crippen molar-refractivity contribution in [2.45, 2.75) is 0 Å². The smallest absolute Gasteiger partial charge is 0.185 e. The molecule has 1 nitrogen and oxygen atoms in total. The summed E-state index contributed by atoms with van der Waals surface area (Å²) in [5.74, 6) is 0.00876. The van der Waals surface area contributed by atoms with Gasteiger partial charge in [0.15, 0.2) is 5.78 Å². The zero-order valence-corrected chi connectivity index (χ0v) is 10.0. The second kappa shape index (κ2) is 5.78. The molecule has 1 heteroatoms. The molecule has 0 bridgehead atoms. The lowest BCUT2D eigenvalue weighted by atomic mass is 10.1. The van der Waals surface area contributed by atoms with E-state index in [1.54, 1.807) is 12.2 Å². The van der Waals surface area contributed by atoms with Crippen molar-refractivity contribution < 1.29 is 4.79 Å². The molecular formula is C17H14O. The summed E-state index contributed by atoms with van der Waals surface area (Å²) in [5.41, 5.74) is 2.72. The van der Waals surface area contributed by atoms with Crippen molar-refractivity contribution in [2.24, 2.45) is 0 Å². The number of allylic oxidation sites excluding steroid dienone is 1.